The lowest BCUT2D eigenvalue weighted by atomic mass is 10.1. The van der Waals surface area contributed by atoms with Gasteiger partial charge in [-0.1, -0.05) is 54.6 Å². The molecule has 1 aromatic heterocycles. The van der Waals surface area contributed by atoms with Crippen molar-refractivity contribution in [3.63, 3.8) is 0 Å². The van der Waals surface area contributed by atoms with Crippen LogP contribution < -0.4 is 4.74 Å². The molecule has 4 aromatic rings. The van der Waals surface area contributed by atoms with Crippen LogP contribution in [0.2, 0.25) is 0 Å². The van der Waals surface area contributed by atoms with Crippen molar-refractivity contribution in [3.05, 3.63) is 88.6 Å². The Morgan fingerprint density at radius 2 is 1.87 bits per heavy atom. The number of ether oxygens (including phenoxy) is 1. The first-order chi connectivity index (χ1) is 14.6. The fourth-order valence-electron chi connectivity index (χ4n) is 2.99. The number of rotatable bonds is 7. The van der Waals surface area contributed by atoms with Gasteiger partial charge < -0.3 is 9.84 Å². The highest BCUT2D eigenvalue weighted by atomic mass is 32.2. The van der Waals surface area contributed by atoms with E-state index in [1.165, 1.54) is 10.8 Å². The summed E-state index contributed by atoms with van der Waals surface area (Å²) in [6.45, 7) is 2.22. The number of H-pyrrole nitrogens is 1. The van der Waals surface area contributed by atoms with Gasteiger partial charge in [-0.25, -0.2) is 9.78 Å². The van der Waals surface area contributed by atoms with Gasteiger partial charge in [0.05, 0.1) is 0 Å². The summed E-state index contributed by atoms with van der Waals surface area (Å²) >= 11 is 1.00. The number of benzene rings is 3. The highest BCUT2D eigenvalue weighted by Crippen LogP contribution is 2.26. The molecule has 6 nitrogen and oxygen atoms in total. The molecule has 0 atom stereocenters. The Bertz CT molecular complexity index is 1210. The van der Waals surface area contributed by atoms with Gasteiger partial charge in [-0.2, -0.15) is 0 Å². The summed E-state index contributed by atoms with van der Waals surface area (Å²) in [6, 6.07) is 21.7. The Morgan fingerprint density at radius 1 is 1.10 bits per heavy atom. The molecule has 150 valence electrons. The molecule has 0 aliphatic rings. The number of hydrogen-bond donors (Lipinski definition) is 2. The number of carboxylic acids is 1. The van der Waals surface area contributed by atoms with Crippen LogP contribution in [0, 0.1) is 6.92 Å². The topological polar surface area (TPSA) is 88.1 Å². The molecule has 3 aromatic carbocycles. The minimum absolute atomic E-state index is 0.137. The van der Waals surface area contributed by atoms with Crippen molar-refractivity contribution in [3.8, 4) is 5.75 Å². The van der Waals surface area contributed by atoms with E-state index < -0.39 is 5.97 Å². The third-order valence-electron chi connectivity index (χ3n) is 4.44. The van der Waals surface area contributed by atoms with E-state index >= 15 is 0 Å². The minimum Gasteiger partial charge on any atom is -0.489 e. The van der Waals surface area contributed by atoms with Gasteiger partial charge in [0.1, 0.15) is 23.1 Å². The van der Waals surface area contributed by atoms with Crippen molar-refractivity contribution in [1.29, 1.82) is 0 Å². The van der Waals surface area contributed by atoms with Crippen LogP contribution in [-0.2, 0) is 11.4 Å². The van der Waals surface area contributed by atoms with Crippen LogP contribution in [0.15, 0.2) is 76.8 Å². The number of carboxylic acid groups (broad SMARTS) is 1. The molecule has 0 aliphatic heterocycles. The zero-order valence-corrected chi connectivity index (χ0v) is 17.0. The summed E-state index contributed by atoms with van der Waals surface area (Å²) in [5, 5.41) is 18.9. The molecule has 1 heterocycles. The van der Waals surface area contributed by atoms with Gasteiger partial charge in [0, 0.05) is 0 Å². The Labute approximate surface area is 177 Å². The molecular formula is C23H19N3O3S. The Hall–Kier alpha value is -3.58. The van der Waals surface area contributed by atoms with Crippen molar-refractivity contribution in [2.45, 2.75) is 18.7 Å². The van der Waals surface area contributed by atoms with Crippen LogP contribution in [0.3, 0.4) is 0 Å². The minimum atomic E-state index is -1.03. The average molecular weight is 417 g/mol. The highest BCUT2D eigenvalue weighted by molar-refractivity contribution is 8.04. The molecule has 0 fully saturated rings. The maximum absolute atomic E-state index is 11.6. The summed E-state index contributed by atoms with van der Waals surface area (Å²) < 4.78 is 5.94. The van der Waals surface area contributed by atoms with Crippen LogP contribution in [0.5, 0.6) is 5.75 Å². The molecular weight excluding hydrogens is 398 g/mol. The lowest BCUT2D eigenvalue weighted by Crippen LogP contribution is -1.98. The molecule has 2 N–H and O–H groups in total. The number of thioether (sulfide) groups is 1. The lowest BCUT2D eigenvalue weighted by Gasteiger charge is -2.09. The Balaban J connectivity index is 1.46. The molecule has 0 amide bonds. The quantitative estimate of drug-likeness (QED) is 0.323. The summed E-state index contributed by atoms with van der Waals surface area (Å²) in [6.07, 6.45) is 1.59. The monoisotopic (exact) mass is 417 g/mol. The molecule has 0 saturated carbocycles. The second-order valence-corrected chi connectivity index (χ2v) is 7.62. The van der Waals surface area contributed by atoms with E-state index in [9.17, 15) is 9.90 Å². The van der Waals surface area contributed by atoms with Crippen molar-refractivity contribution in [2.24, 2.45) is 0 Å². The average Bonchev–Trinajstić information content (AvgIpc) is 3.17. The van der Waals surface area contributed by atoms with E-state index in [-0.39, 0.29) is 4.91 Å². The first-order valence-corrected chi connectivity index (χ1v) is 10.1. The summed E-state index contributed by atoms with van der Waals surface area (Å²) in [5.74, 6) is 0.322. The van der Waals surface area contributed by atoms with Crippen molar-refractivity contribution < 1.29 is 14.6 Å². The first kappa shape index (κ1) is 19.7. The van der Waals surface area contributed by atoms with E-state index in [1.54, 1.807) is 13.0 Å². The van der Waals surface area contributed by atoms with E-state index in [4.69, 9.17) is 4.74 Å². The van der Waals surface area contributed by atoms with Crippen LogP contribution >= 0.6 is 11.8 Å². The number of carbonyl (C=O) groups is 1. The molecule has 0 radical (unpaired) electrons. The van der Waals surface area contributed by atoms with Crippen LogP contribution in [-0.4, -0.2) is 26.3 Å². The number of nitrogens with zero attached hydrogens (tertiary/aromatic N) is 2. The number of fused-ring (bicyclic) bond motifs is 1. The maximum Gasteiger partial charge on any atom is 0.342 e. The highest BCUT2D eigenvalue weighted by Gasteiger charge is 2.13. The summed E-state index contributed by atoms with van der Waals surface area (Å²) in [7, 11) is 0. The van der Waals surface area contributed by atoms with E-state index in [0.717, 1.165) is 22.9 Å². The molecule has 30 heavy (non-hydrogen) atoms. The smallest absolute Gasteiger partial charge is 0.342 e. The normalized spacial score (nSPS) is 11.6. The predicted molar refractivity (Wildman–Crippen MR) is 117 cm³/mol. The Kier molecular flexibility index (Phi) is 5.81. The van der Waals surface area contributed by atoms with Gasteiger partial charge in [-0.3, -0.25) is 5.10 Å². The van der Waals surface area contributed by atoms with Crippen molar-refractivity contribution in [1.82, 2.24) is 15.2 Å². The number of aromatic amines is 1. The summed E-state index contributed by atoms with van der Waals surface area (Å²) in [4.78, 5) is 15.8. The third-order valence-corrected chi connectivity index (χ3v) is 5.32. The number of aromatic nitrogens is 3. The van der Waals surface area contributed by atoms with Crippen molar-refractivity contribution in [2.75, 3.05) is 0 Å². The molecule has 7 heteroatoms. The fourth-order valence-corrected chi connectivity index (χ4v) is 3.75. The lowest BCUT2D eigenvalue weighted by molar-refractivity contribution is -0.131. The van der Waals surface area contributed by atoms with E-state index in [1.807, 2.05) is 42.5 Å². The second-order valence-electron chi connectivity index (χ2n) is 6.62. The van der Waals surface area contributed by atoms with Gasteiger partial charge in [-0.15, -0.1) is 5.10 Å². The first-order valence-electron chi connectivity index (χ1n) is 9.30. The van der Waals surface area contributed by atoms with Crippen LogP contribution in [0.1, 0.15) is 17.0 Å². The molecule has 4 rings (SSSR count). The fraction of sp³-hybridized carbons (Fsp3) is 0.0870. The van der Waals surface area contributed by atoms with Crippen LogP contribution in [0.25, 0.3) is 16.8 Å². The van der Waals surface area contributed by atoms with Gasteiger partial charge in [0.15, 0.2) is 0 Å². The number of hydrogen-bond acceptors (Lipinski definition) is 5. The number of aryl methyl sites for hydroxylation is 1. The largest absolute Gasteiger partial charge is 0.489 e. The van der Waals surface area contributed by atoms with Gasteiger partial charge in [0.2, 0.25) is 5.16 Å². The number of nitrogens with one attached hydrogen (secondary N) is 1. The van der Waals surface area contributed by atoms with Gasteiger partial charge >= 0.3 is 5.97 Å². The standard InChI is InChI=1S/C23H19N3O3S/c1-15-24-23(26-25-15)30-21(22(27)28)13-16-9-11-19(12-10-16)29-14-18-7-4-6-17-5-2-3-8-20(17)18/h2-13H,14H2,1H3,(H,27,28)(H,24,25,26)/b21-13-. The summed E-state index contributed by atoms with van der Waals surface area (Å²) in [5.41, 5.74) is 1.87. The molecule has 0 unspecified atom stereocenters. The maximum atomic E-state index is 11.6. The third kappa shape index (κ3) is 4.69. The van der Waals surface area contributed by atoms with Crippen LogP contribution in [0.4, 0.5) is 0 Å². The SMILES string of the molecule is Cc1nc(S/C(=C\c2ccc(OCc3cccc4ccccc34)cc2)C(=O)O)n[nH]1. The zero-order chi connectivity index (χ0) is 20.9. The second kappa shape index (κ2) is 8.84. The van der Waals surface area contributed by atoms with E-state index in [0.29, 0.717) is 23.3 Å². The van der Waals surface area contributed by atoms with E-state index in [2.05, 4.69) is 39.4 Å². The van der Waals surface area contributed by atoms with Gasteiger partial charge in [0.25, 0.3) is 0 Å². The van der Waals surface area contributed by atoms with Crippen molar-refractivity contribution >= 4 is 34.6 Å². The Morgan fingerprint density at radius 3 is 2.60 bits per heavy atom. The molecule has 0 bridgehead atoms. The number of aliphatic carboxylic acids is 1. The molecule has 0 aliphatic carbocycles. The molecule has 0 spiro atoms. The van der Waals surface area contributed by atoms with Gasteiger partial charge in [-0.05, 0) is 58.8 Å². The zero-order valence-electron chi connectivity index (χ0n) is 16.2. The predicted octanol–water partition coefficient (Wildman–Crippen LogP) is 5.06. The molecule has 0 saturated heterocycles.